The van der Waals surface area contributed by atoms with Crippen molar-refractivity contribution in [2.75, 3.05) is 14.2 Å². The fourth-order valence-corrected chi connectivity index (χ4v) is 3.37. The maximum absolute atomic E-state index is 13.9. The Bertz CT molecular complexity index is 1270. The van der Waals surface area contributed by atoms with Crippen LogP contribution in [-0.2, 0) is 12.7 Å². The van der Waals surface area contributed by atoms with Crippen molar-refractivity contribution in [3.8, 4) is 11.7 Å². The van der Waals surface area contributed by atoms with E-state index in [0.717, 1.165) is 22.5 Å². The third-order valence-electron chi connectivity index (χ3n) is 4.90. The van der Waals surface area contributed by atoms with Crippen molar-refractivity contribution in [2.24, 2.45) is 0 Å². The number of nitrogens with zero attached hydrogens (tertiary/aromatic N) is 5. The second-order valence-electron chi connectivity index (χ2n) is 7.09. The van der Waals surface area contributed by atoms with Crippen molar-refractivity contribution >= 4 is 16.7 Å². The third-order valence-corrected chi connectivity index (χ3v) is 4.90. The highest BCUT2D eigenvalue weighted by Crippen LogP contribution is 2.34. The zero-order chi connectivity index (χ0) is 22.9. The van der Waals surface area contributed by atoms with E-state index in [2.05, 4.69) is 15.3 Å². The molecule has 0 spiro atoms. The molecule has 0 saturated heterocycles. The number of fused-ring (bicyclic) bond motifs is 1. The van der Waals surface area contributed by atoms with Gasteiger partial charge >= 0.3 is 6.18 Å². The molecule has 0 unspecified atom stereocenters. The van der Waals surface area contributed by atoms with Gasteiger partial charge in [0.05, 0.1) is 18.9 Å². The van der Waals surface area contributed by atoms with Crippen molar-refractivity contribution in [1.82, 2.24) is 24.9 Å². The summed E-state index contributed by atoms with van der Waals surface area (Å²) in [6, 6.07) is 16.0. The normalized spacial score (nSPS) is 11.5. The van der Waals surface area contributed by atoms with E-state index >= 15 is 0 Å². The van der Waals surface area contributed by atoms with Gasteiger partial charge in [0.15, 0.2) is 11.5 Å². The Kier molecular flexibility index (Phi) is 5.52. The lowest BCUT2D eigenvalue weighted by Crippen LogP contribution is -2.28. The van der Waals surface area contributed by atoms with E-state index in [0.29, 0.717) is 4.68 Å². The van der Waals surface area contributed by atoms with Crippen molar-refractivity contribution in [3.05, 3.63) is 77.6 Å². The fourth-order valence-electron chi connectivity index (χ4n) is 3.37. The van der Waals surface area contributed by atoms with E-state index in [1.807, 2.05) is 42.5 Å². The summed E-state index contributed by atoms with van der Waals surface area (Å²) < 4.78 is 47.1. The molecule has 0 N–H and O–H groups in total. The molecule has 2 heterocycles. The van der Waals surface area contributed by atoms with Gasteiger partial charge in [0.1, 0.15) is 0 Å². The number of carbonyl (C=O) groups excluding carboxylic acids is 1. The van der Waals surface area contributed by atoms with Crippen LogP contribution >= 0.6 is 0 Å². The van der Waals surface area contributed by atoms with Gasteiger partial charge in [-0.2, -0.15) is 18.3 Å². The van der Waals surface area contributed by atoms with Gasteiger partial charge in [-0.3, -0.25) is 4.79 Å². The number of carbonyl (C=O) groups is 1. The summed E-state index contributed by atoms with van der Waals surface area (Å²) >= 11 is 0. The van der Waals surface area contributed by atoms with Crippen molar-refractivity contribution in [1.29, 1.82) is 0 Å². The molecule has 2 aromatic heterocycles. The van der Waals surface area contributed by atoms with E-state index in [4.69, 9.17) is 4.74 Å². The Morgan fingerprint density at radius 1 is 1.06 bits per heavy atom. The summed E-state index contributed by atoms with van der Waals surface area (Å²) in [5.41, 5.74) is -0.993. The second kappa shape index (κ2) is 8.29. The molecule has 10 heteroatoms. The molecule has 2 aromatic carbocycles. The van der Waals surface area contributed by atoms with Gasteiger partial charge in [-0.15, -0.1) is 10.2 Å². The molecule has 0 bridgehead atoms. The molecule has 7 nitrogen and oxygen atoms in total. The average Bonchev–Trinajstić information content (AvgIpc) is 3.24. The Morgan fingerprint density at radius 3 is 2.47 bits per heavy atom. The first kappa shape index (κ1) is 21.3. The predicted octanol–water partition coefficient (Wildman–Crippen LogP) is 4.12. The smallest absolute Gasteiger partial charge is 0.434 e. The number of aromatic nitrogens is 4. The third kappa shape index (κ3) is 4.11. The lowest BCUT2D eigenvalue weighted by atomic mass is 10.1. The molecule has 0 fully saturated rings. The van der Waals surface area contributed by atoms with Gasteiger partial charge in [-0.05, 0) is 28.5 Å². The van der Waals surface area contributed by atoms with Gasteiger partial charge in [-0.1, -0.05) is 36.4 Å². The van der Waals surface area contributed by atoms with Crippen LogP contribution < -0.4 is 4.74 Å². The summed E-state index contributed by atoms with van der Waals surface area (Å²) in [7, 11) is 2.81. The molecule has 1 amide bonds. The fraction of sp³-hybridized carbons (Fsp3) is 0.182. The maximum atomic E-state index is 13.9. The van der Waals surface area contributed by atoms with Gasteiger partial charge in [-0.25, -0.2) is 4.68 Å². The number of benzene rings is 2. The second-order valence-corrected chi connectivity index (χ2v) is 7.09. The zero-order valence-electron chi connectivity index (χ0n) is 17.2. The van der Waals surface area contributed by atoms with Gasteiger partial charge in [0.2, 0.25) is 5.88 Å². The van der Waals surface area contributed by atoms with E-state index in [1.165, 1.54) is 31.2 Å². The predicted molar refractivity (Wildman–Crippen MR) is 110 cm³/mol. The Morgan fingerprint density at radius 2 is 1.81 bits per heavy atom. The van der Waals surface area contributed by atoms with Crippen molar-refractivity contribution < 1.29 is 22.7 Å². The monoisotopic (exact) mass is 441 g/mol. The number of alkyl halides is 3. The first-order valence-electron chi connectivity index (χ1n) is 9.54. The van der Waals surface area contributed by atoms with E-state index in [1.54, 1.807) is 0 Å². The highest BCUT2D eigenvalue weighted by atomic mass is 19.4. The summed E-state index contributed by atoms with van der Waals surface area (Å²) in [5.74, 6) is -0.853. The number of hydrogen-bond donors (Lipinski definition) is 0. The van der Waals surface area contributed by atoms with Crippen LogP contribution in [-0.4, -0.2) is 44.9 Å². The minimum Gasteiger partial charge on any atom is -0.480 e. The van der Waals surface area contributed by atoms with Gasteiger partial charge < -0.3 is 9.64 Å². The first-order chi connectivity index (χ1) is 15.3. The molecule has 0 radical (unpaired) electrons. The molecule has 0 aliphatic carbocycles. The summed E-state index contributed by atoms with van der Waals surface area (Å²) in [5, 5.41) is 13.2. The molecular formula is C22H18F3N5O2. The summed E-state index contributed by atoms with van der Waals surface area (Å²) in [6.45, 7) is 0.133. The minimum absolute atomic E-state index is 0.133. The number of methoxy groups -OCH3 is 1. The molecule has 164 valence electrons. The van der Waals surface area contributed by atoms with Crippen LogP contribution in [0, 0.1) is 0 Å². The average molecular weight is 441 g/mol. The van der Waals surface area contributed by atoms with E-state index in [9.17, 15) is 18.0 Å². The summed E-state index contributed by atoms with van der Waals surface area (Å²) in [4.78, 5) is 14.2. The van der Waals surface area contributed by atoms with Crippen LogP contribution in [0.3, 0.4) is 0 Å². The van der Waals surface area contributed by atoms with E-state index in [-0.39, 0.29) is 18.2 Å². The Labute approximate surface area is 181 Å². The highest BCUT2D eigenvalue weighted by Gasteiger charge is 2.41. The van der Waals surface area contributed by atoms with Gasteiger partial charge in [0.25, 0.3) is 5.91 Å². The number of amides is 1. The molecular weight excluding hydrogens is 423 g/mol. The number of halogens is 3. The molecule has 0 aliphatic heterocycles. The molecule has 0 saturated carbocycles. The zero-order valence-corrected chi connectivity index (χ0v) is 17.2. The van der Waals surface area contributed by atoms with Crippen LogP contribution in [0.5, 0.6) is 5.88 Å². The number of rotatable bonds is 5. The van der Waals surface area contributed by atoms with Crippen LogP contribution in [0.15, 0.2) is 60.8 Å². The molecule has 4 rings (SSSR count). The van der Waals surface area contributed by atoms with Crippen molar-refractivity contribution in [2.45, 2.75) is 12.7 Å². The van der Waals surface area contributed by atoms with Gasteiger partial charge in [0, 0.05) is 19.7 Å². The SMILES string of the molecule is COc1ccc(-n2ncc(C(=O)N(C)Cc3ccc4ccccc4c3)c2C(F)(F)F)nn1. The molecule has 0 aliphatic rings. The van der Waals surface area contributed by atoms with Crippen LogP contribution in [0.2, 0.25) is 0 Å². The Balaban J connectivity index is 1.65. The lowest BCUT2D eigenvalue weighted by Gasteiger charge is -2.19. The Hall–Kier alpha value is -3.95. The standard InChI is InChI=1S/C22H18F3N5O2/c1-29(13-14-7-8-15-5-3-4-6-16(15)11-14)21(31)17-12-26-30(20(17)22(23,24)25)18-9-10-19(32-2)28-27-18/h3-12H,13H2,1-2H3. The molecule has 32 heavy (non-hydrogen) atoms. The minimum atomic E-state index is -4.84. The maximum Gasteiger partial charge on any atom is 0.434 e. The number of hydrogen-bond acceptors (Lipinski definition) is 5. The van der Waals surface area contributed by atoms with Crippen LogP contribution in [0.1, 0.15) is 21.6 Å². The van der Waals surface area contributed by atoms with Crippen LogP contribution in [0.25, 0.3) is 16.6 Å². The molecule has 0 atom stereocenters. The topological polar surface area (TPSA) is 73.1 Å². The van der Waals surface area contributed by atoms with E-state index < -0.39 is 23.3 Å². The summed E-state index contributed by atoms with van der Waals surface area (Å²) in [6.07, 6.45) is -3.94. The highest BCUT2D eigenvalue weighted by molar-refractivity contribution is 5.95. The quantitative estimate of drug-likeness (QED) is 0.466. The molecule has 4 aromatic rings. The lowest BCUT2D eigenvalue weighted by molar-refractivity contribution is -0.143. The van der Waals surface area contributed by atoms with Crippen molar-refractivity contribution in [3.63, 3.8) is 0 Å². The first-order valence-corrected chi connectivity index (χ1v) is 9.54. The largest absolute Gasteiger partial charge is 0.480 e. The van der Waals surface area contributed by atoms with Crippen LogP contribution in [0.4, 0.5) is 13.2 Å². The number of ether oxygens (including phenoxy) is 1.